The van der Waals surface area contributed by atoms with Gasteiger partial charge in [-0.3, -0.25) is 4.79 Å². The van der Waals surface area contributed by atoms with E-state index in [1.165, 1.54) is 25.1 Å². The van der Waals surface area contributed by atoms with Crippen LogP contribution in [0, 0.1) is 5.82 Å². The summed E-state index contributed by atoms with van der Waals surface area (Å²) >= 11 is 0. The molecule has 4 rings (SSSR count). The number of para-hydroxylation sites is 1. The minimum atomic E-state index is -1.15. The first kappa shape index (κ1) is 21.2. The van der Waals surface area contributed by atoms with Crippen LogP contribution in [0.4, 0.5) is 10.1 Å². The van der Waals surface area contributed by atoms with E-state index in [0.29, 0.717) is 23.3 Å². The van der Waals surface area contributed by atoms with Crippen LogP contribution in [0.3, 0.4) is 0 Å². The first-order valence-corrected chi connectivity index (χ1v) is 10.2. The number of nitrogens with zero attached hydrogens (tertiary/aromatic N) is 3. The van der Waals surface area contributed by atoms with Gasteiger partial charge in [0.25, 0.3) is 5.91 Å². The zero-order valence-corrected chi connectivity index (χ0v) is 17.6. The Hall–Kier alpha value is -4.07. The van der Waals surface area contributed by atoms with E-state index >= 15 is 0 Å². The maximum absolute atomic E-state index is 13.8. The fourth-order valence-corrected chi connectivity index (χ4v) is 3.28. The van der Waals surface area contributed by atoms with Crippen molar-refractivity contribution in [1.82, 2.24) is 14.8 Å². The monoisotopic (exact) mass is 432 g/mol. The van der Waals surface area contributed by atoms with Crippen molar-refractivity contribution in [2.24, 2.45) is 0 Å². The highest BCUT2D eigenvalue weighted by atomic mass is 19.1. The fraction of sp³-hybridized carbons (Fsp3) is 0.167. The highest BCUT2D eigenvalue weighted by molar-refractivity contribution is 6.05. The number of amides is 1. The molecule has 0 aliphatic carbocycles. The van der Waals surface area contributed by atoms with Gasteiger partial charge in [0.1, 0.15) is 5.82 Å². The van der Waals surface area contributed by atoms with Gasteiger partial charge in [-0.05, 0) is 32.0 Å². The Labute approximate surface area is 183 Å². The van der Waals surface area contributed by atoms with Gasteiger partial charge in [0.15, 0.2) is 11.8 Å². The van der Waals surface area contributed by atoms with Crippen LogP contribution in [-0.4, -0.2) is 32.7 Å². The van der Waals surface area contributed by atoms with E-state index in [0.717, 1.165) is 5.56 Å². The quantitative estimate of drug-likeness (QED) is 0.455. The van der Waals surface area contributed by atoms with E-state index in [4.69, 9.17) is 4.74 Å². The van der Waals surface area contributed by atoms with Crippen LogP contribution >= 0.6 is 0 Å². The summed E-state index contributed by atoms with van der Waals surface area (Å²) in [5.74, 6) is -1.91. The van der Waals surface area contributed by atoms with Crippen molar-refractivity contribution in [3.63, 3.8) is 0 Å². The third-order valence-corrected chi connectivity index (χ3v) is 4.98. The molecule has 1 amide bonds. The second-order valence-corrected chi connectivity index (χ2v) is 7.14. The summed E-state index contributed by atoms with van der Waals surface area (Å²) in [6, 6.07) is 16.8. The molecule has 4 aromatic rings. The molecule has 7 nitrogen and oxygen atoms in total. The van der Waals surface area contributed by atoms with Crippen molar-refractivity contribution in [3.05, 3.63) is 78.2 Å². The molecule has 0 aliphatic rings. The first-order chi connectivity index (χ1) is 15.5. The molecule has 0 saturated heterocycles. The van der Waals surface area contributed by atoms with Crippen molar-refractivity contribution < 1.29 is 18.7 Å². The summed E-state index contributed by atoms with van der Waals surface area (Å²) in [5.41, 5.74) is 2.23. The number of halogens is 1. The molecule has 1 atom stereocenters. The van der Waals surface area contributed by atoms with E-state index in [-0.39, 0.29) is 11.3 Å². The molecule has 32 heavy (non-hydrogen) atoms. The average Bonchev–Trinajstić information content (AvgIpc) is 3.23. The highest BCUT2D eigenvalue weighted by Crippen LogP contribution is 2.26. The van der Waals surface area contributed by atoms with Crippen LogP contribution in [0.15, 0.2) is 66.9 Å². The number of esters is 1. The maximum atomic E-state index is 13.8. The smallest absolute Gasteiger partial charge is 0.339 e. The van der Waals surface area contributed by atoms with E-state index in [2.05, 4.69) is 15.4 Å². The Bertz CT molecular complexity index is 1290. The Morgan fingerprint density at radius 2 is 1.84 bits per heavy atom. The number of carbonyl (C=O) groups is 2. The van der Waals surface area contributed by atoms with Gasteiger partial charge in [-0.15, -0.1) is 0 Å². The number of hydrogen-bond donors (Lipinski definition) is 1. The average molecular weight is 432 g/mol. The van der Waals surface area contributed by atoms with Crippen LogP contribution in [0.5, 0.6) is 0 Å². The lowest BCUT2D eigenvalue weighted by atomic mass is 10.1. The molecule has 0 radical (unpaired) electrons. The van der Waals surface area contributed by atoms with Gasteiger partial charge in [0, 0.05) is 12.1 Å². The Morgan fingerprint density at radius 1 is 1.12 bits per heavy atom. The largest absolute Gasteiger partial charge is 0.449 e. The molecule has 162 valence electrons. The summed E-state index contributed by atoms with van der Waals surface area (Å²) in [4.78, 5) is 30.2. The number of hydrogen-bond acceptors (Lipinski definition) is 5. The lowest BCUT2D eigenvalue weighted by Crippen LogP contribution is -2.30. The van der Waals surface area contributed by atoms with Crippen molar-refractivity contribution in [3.8, 4) is 11.3 Å². The summed E-state index contributed by atoms with van der Waals surface area (Å²) < 4.78 is 20.9. The van der Waals surface area contributed by atoms with Crippen LogP contribution in [0.1, 0.15) is 24.2 Å². The normalized spacial score (nSPS) is 11.8. The number of carbonyl (C=O) groups excluding carboxylic acids is 2. The van der Waals surface area contributed by atoms with Crippen LogP contribution < -0.4 is 5.32 Å². The van der Waals surface area contributed by atoms with Gasteiger partial charge in [0.2, 0.25) is 0 Å². The number of rotatable bonds is 6. The molecular formula is C24H21FN4O3. The lowest BCUT2D eigenvalue weighted by Gasteiger charge is -2.15. The van der Waals surface area contributed by atoms with Crippen molar-refractivity contribution in [1.29, 1.82) is 0 Å². The molecule has 0 bridgehead atoms. The first-order valence-electron chi connectivity index (χ1n) is 10.2. The molecule has 0 saturated carbocycles. The zero-order valence-electron chi connectivity index (χ0n) is 17.6. The van der Waals surface area contributed by atoms with Gasteiger partial charge in [-0.2, -0.15) is 5.10 Å². The van der Waals surface area contributed by atoms with Crippen molar-refractivity contribution in [2.45, 2.75) is 26.5 Å². The van der Waals surface area contributed by atoms with E-state index in [1.807, 2.05) is 37.3 Å². The Balaban J connectivity index is 1.63. The number of fused-ring (bicyclic) bond motifs is 1. The minimum Gasteiger partial charge on any atom is -0.449 e. The van der Waals surface area contributed by atoms with Gasteiger partial charge in [0.05, 0.1) is 28.5 Å². The van der Waals surface area contributed by atoms with Crippen LogP contribution in [0.25, 0.3) is 22.3 Å². The highest BCUT2D eigenvalue weighted by Gasteiger charge is 2.23. The molecule has 0 fully saturated rings. The molecule has 0 spiro atoms. The van der Waals surface area contributed by atoms with Gasteiger partial charge in [-0.25, -0.2) is 18.9 Å². The number of aromatic nitrogens is 3. The third-order valence-electron chi connectivity index (χ3n) is 4.98. The molecule has 1 N–H and O–H groups in total. The molecule has 0 aliphatic heterocycles. The molecule has 2 aromatic carbocycles. The second-order valence-electron chi connectivity index (χ2n) is 7.14. The third kappa shape index (κ3) is 4.20. The molecule has 8 heteroatoms. The summed E-state index contributed by atoms with van der Waals surface area (Å²) in [7, 11) is 0. The van der Waals surface area contributed by atoms with E-state index in [1.54, 1.807) is 23.0 Å². The number of anilines is 1. The van der Waals surface area contributed by atoms with Gasteiger partial charge >= 0.3 is 5.97 Å². The molecular weight excluding hydrogens is 411 g/mol. The predicted octanol–water partition coefficient (Wildman–Crippen LogP) is 4.44. The molecule has 2 aromatic heterocycles. The number of benzene rings is 2. The summed E-state index contributed by atoms with van der Waals surface area (Å²) in [6.07, 6.45) is 0.410. The predicted molar refractivity (Wildman–Crippen MR) is 119 cm³/mol. The van der Waals surface area contributed by atoms with Crippen molar-refractivity contribution >= 4 is 28.6 Å². The van der Waals surface area contributed by atoms with Crippen LogP contribution in [-0.2, 0) is 16.1 Å². The Kier molecular flexibility index (Phi) is 5.93. The number of pyridine rings is 1. The topological polar surface area (TPSA) is 86.1 Å². The lowest BCUT2D eigenvalue weighted by molar-refractivity contribution is -0.123. The SMILES string of the molecule is CCn1ncc2c(C(=O)OC(C)C(=O)Nc3ccccc3F)cc(-c3ccccc3)nc21. The maximum Gasteiger partial charge on any atom is 0.339 e. The summed E-state index contributed by atoms with van der Waals surface area (Å²) in [6.45, 7) is 3.93. The minimum absolute atomic E-state index is 0.0160. The molecule has 2 heterocycles. The zero-order chi connectivity index (χ0) is 22.7. The van der Waals surface area contributed by atoms with E-state index < -0.39 is 23.8 Å². The number of ether oxygens (including phenoxy) is 1. The van der Waals surface area contributed by atoms with Crippen LogP contribution in [0.2, 0.25) is 0 Å². The molecule has 1 unspecified atom stereocenters. The fourth-order valence-electron chi connectivity index (χ4n) is 3.28. The van der Waals surface area contributed by atoms with Gasteiger partial charge in [-0.1, -0.05) is 42.5 Å². The summed E-state index contributed by atoms with van der Waals surface area (Å²) in [5, 5.41) is 7.26. The van der Waals surface area contributed by atoms with Gasteiger partial charge < -0.3 is 10.1 Å². The standard InChI is InChI=1S/C24H21FN4O3/c1-3-29-22-18(14-26-29)17(13-21(27-22)16-9-5-4-6-10-16)24(31)32-15(2)23(30)28-20-12-8-7-11-19(20)25/h4-15H,3H2,1-2H3,(H,28,30). The number of nitrogens with one attached hydrogen (secondary N) is 1. The van der Waals surface area contributed by atoms with E-state index in [9.17, 15) is 14.0 Å². The number of aryl methyl sites for hydroxylation is 1. The Morgan fingerprint density at radius 3 is 2.56 bits per heavy atom. The second kappa shape index (κ2) is 8.97. The van der Waals surface area contributed by atoms with Crippen molar-refractivity contribution in [2.75, 3.05) is 5.32 Å².